The first-order valence-corrected chi connectivity index (χ1v) is 14.0. The Bertz CT molecular complexity index is 1050. The van der Waals surface area contributed by atoms with Crippen molar-refractivity contribution in [2.75, 3.05) is 31.6 Å². The number of nitrogens with zero attached hydrogens (tertiary/aromatic N) is 1. The molecule has 8 nitrogen and oxygen atoms in total. The molecule has 1 aromatic heterocycles. The number of halogens is 1. The van der Waals surface area contributed by atoms with Gasteiger partial charge in [-0.25, -0.2) is 4.79 Å². The molecule has 4 bridgehead atoms. The van der Waals surface area contributed by atoms with Crippen molar-refractivity contribution in [1.82, 2.24) is 4.90 Å². The number of hydrogen-bond acceptors (Lipinski definition) is 7. The monoisotopic (exact) mass is 538 g/mol. The Balaban J connectivity index is 1.47. The Morgan fingerprint density at radius 3 is 2.25 bits per heavy atom. The van der Waals surface area contributed by atoms with Crippen LogP contribution in [0.15, 0.2) is 0 Å². The van der Waals surface area contributed by atoms with Gasteiger partial charge in [-0.05, 0) is 83.6 Å². The molecule has 0 aromatic carbocycles. The lowest BCUT2D eigenvalue weighted by molar-refractivity contribution is -0.171. The number of rotatable bonds is 9. The maximum atomic E-state index is 13.2. The molecule has 1 heterocycles. The van der Waals surface area contributed by atoms with Crippen LogP contribution >= 0.6 is 22.9 Å². The molecule has 1 N–H and O–H groups in total. The van der Waals surface area contributed by atoms with Crippen molar-refractivity contribution in [2.45, 2.75) is 71.1 Å². The maximum Gasteiger partial charge on any atom is 0.341 e. The van der Waals surface area contributed by atoms with E-state index in [1.165, 1.54) is 0 Å². The number of nitrogens with one attached hydrogen (secondary N) is 1. The fourth-order valence-electron chi connectivity index (χ4n) is 6.75. The van der Waals surface area contributed by atoms with Crippen molar-refractivity contribution >= 4 is 51.7 Å². The van der Waals surface area contributed by atoms with Gasteiger partial charge in [-0.1, -0.05) is 0 Å². The van der Waals surface area contributed by atoms with E-state index in [1.807, 2.05) is 13.8 Å². The van der Waals surface area contributed by atoms with Crippen LogP contribution in [0.3, 0.4) is 0 Å². The summed E-state index contributed by atoms with van der Waals surface area (Å²) in [5.41, 5.74) is 0.0104. The molecule has 4 aliphatic carbocycles. The standard InChI is InChI=1S/C26H35ClN2O6S/c1-5-29(6-2)22(31)20-15(4)19(23(32)34-7-3)21(36-20)28-18(30)13-35-24(33)25-9-16-8-17(10-25)12-26(27,11-16)14-25/h16-17H,5-14H2,1-4H3,(H,28,30)/t16-,17-,25?,26?/m1/s1. The lowest BCUT2D eigenvalue weighted by Gasteiger charge is -2.58. The van der Waals surface area contributed by atoms with Gasteiger partial charge in [0.1, 0.15) is 5.00 Å². The van der Waals surface area contributed by atoms with Crippen molar-refractivity contribution in [2.24, 2.45) is 17.3 Å². The summed E-state index contributed by atoms with van der Waals surface area (Å²) in [6.07, 6.45) is 5.15. The molecule has 4 fully saturated rings. The first-order chi connectivity index (χ1) is 17.0. The predicted octanol–water partition coefficient (Wildman–Crippen LogP) is 4.77. The second-order valence-corrected chi connectivity index (χ2v) is 12.3. The van der Waals surface area contributed by atoms with Crippen LogP contribution < -0.4 is 5.32 Å². The van der Waals surface area contributed by atoms with Crippen molar-refractivity contribution in [3.63, 3.8) is 0 Å². The maximum absolute atomic E-state index is 13.2. The molecule has 0 radical (unpaired) electrons. The van der Waals surface area contributed by atoms with E-state index in [2.05, 4.69) is 5.32 Å². The SMILES string of the molecule is CCOC(=O)c1c(NC(=O)COC(=O)C23C[C@H]4C[C@@H](CC(Cl)(C4)C2)C3)sc(C(=O)N(CC)CC)c1C. The number of alkyl halides is 1. The van der Waals surface area contributed by atoms with E-state index in [0.29, 0.717) is 41.8 Å². The molecule has 2 atom stereocenters. The van der Waals surface area contributed by atoms with E-state index in [0.717, 1.165) is 43.4 Å². The molecule has 0 aliphatic heterocycles. The molecule has 1 aromatic rings. The Labute approximate surface area is 221 Å². The zero-order valence-electron chi connectivity index (χ0n) is 21.4. The summed E-state index contributed by atoms with van der Waals surface area (Å²) in [6.45, 7) is 7.85. The average molecular weight is 539 g/mol. The van der Waals surface area contributed by atoms with E-state index >= 15 is 0 Å². The number of hydrogen-bond donors (Lipinski definition) is 1. The number of carbonyl (C=O) groups excluding carboxylic acids is 4. The summed E-state index contributed by atoms with van der Waals surface area (Å²) in [4.78, 5) is 53.3. The van der Waals surface area contributed by atoms with Gasteiger partial charge >= 0.3 is 11.9 Å². The minimum absolute atomic E-state index is 0.155. The van der Waals surface area contributed by atoms with E-state index in [1.54, 1.807) is 18.7 Å². The van der Waals surface area contributed by atoms with Crippen LogP contribution in [-0.2, 0) is 19.1 Å². The van der Waals surface area contributed by atoms with E-state index in [-0.39, 0.29) is 33.9 Å². The highest BCUT2D eigenvalue weighted by atomic mass is 35.5. The molecule has 0 spiro atoms. The molecule has 5 rings (SSSR count). The lowest BCUT2D eigenvalue weighted by Crippen LogP contribution is -2.56. The number of esters is 2. The zero-order valence-corrected chi connectivity index (χ0v) is 23.0. The second kappa shape index (κ2) is 10.3. The van der Waals surface area contributed by atoms with Crippen LogP contribution in [0.2, 0.25) is 0 Å². The van der Waals surface area contributed by atoms with Gasteiger partial charge in [0.2, 0.25) is 0 Å². The quantitative estimate of drug-likeness (QED) is 0.359. The van der Waals surface area contributed by atoms with Crippen molar-refractivity contribution in [3.8, 4) is 0 Å². The smallest absolute Gasteiger partial charge is 0.341 e. The molecule has 4 saturated carbocycles. The minimum atomic E-state index is -0.613. The summed E-state index contributed by atoms with van der Waals surface area (Å²) in [5.74, 6) is -0.874. The average Bonchev–Trinajstić information content (AvgIpc) is 3.12. The van der Waals surface area contributed by atoms with E-state index < -0.39 is 23.9 Å². The molecule has 0 saturated heterocycles. The third-order valence-electron chi connectivity index (χ3n) is 7.88. The highest BCUT2D eigenvalue weighted by Crippen LogP contribution is 2.64. The van der Waals surface area contributed by atoms with Crippen LogP contribution in [0.1, 0.15) is 84.9 Å². The van der Waals surface area contributed by atoms with Gasteiger partial charge in [-0.15, -0.1) is 22.9 Å². The Kier molecular flexibility index (Phi) is 7.72. The highest BCUT2D eigenvalue weighted by molar-refractivity contribution is 7.18. The summed E-state index contributed by atoms with van der Waals surface area (Å²) < 4.78 is 10.7. The summed E-state index contributed by atoms with van der Waals surface area (Å²) in [6, 6.07) is 0. The van der Waals surface area contributed by atoms with Crippen molar-refractivity contribution in [1.29, 1.82) is 0 Å². The van der Waals surface area contributed by atoms with Gasteiger partial charge in [0.15, 0.2) is 6.61 Å². The van der Waals surface area contributed by atoms with Gasteiger partial charge in [-0.2, -0.15) is 0 Å². The van der Waals surface area contributed by atoms with Gasteiger partial charge in [0, 0.05) is 18.0 Å². The molecule has 36 heavy (non-hydrogen) atoms. The van der Waals surface area contributed by atoms with Crippen LogP contribution in [0.5, 0.6) is 0 Å². The number of carbonyl (C=O) groups is 4. The van der Waals surface area contributed by atoms with Gasteiger partial charge in [0.25, 0.3) is 11.8 Å². The molecule has 2 amide bonds. The highest BCUT2D eigenvalue weighted by Gasteiger charge is 2.60. The van der Waals surface area contributed by atoms with E-state index in [9.17, 15) is 19.2 Å². The fraction of sp³-hybridized carbons (Fsp3) is 0.692. The largest absolute Gasteiger partial charge is 0.462 e. The Morgan fingerprint density at radius 2 is 1.69 bits per heavy atom. The zero-order chi connectivity index (χ0) is 26.3. The third kappa shape index (κ3) is 5.01. The van der Waals surface area contributed by atoms with Crippen molar-refractivity contribution in [3.05, 3.63) is 16.0 Å². The third-order valence-corrected chi connectivity index (χ3v) is 9.52. The number of ether oxygens (including phenoxy) is 2. The number of thiophene rings is 1. The fourth-order valence-corrected chi connectivity index (χ4v) is 8.62. The van der Waals surface area contributed by atoms with Gasteiger partial charge < -0.3 is 19.7 Å². The molecule has 198 valence electrons. The van der Waals surface area contributed by atoms with Crippen LogP contribution in [0.4, 0.5) is 5.00 Å². The normalized spacial score (nSPS) is 28.0. The van der Waals surface area contributed by atoms with Crippen LogP contribution in [0, 0.1) is 24.2 Å². The summed E-state index contributed by atoms with van der Waals surface area (Å²) in [5, 5.41) is 2.90. The predicted molar refractivity (Wildman–Crippen MR) is 138 cm³/mol. The Morgan fingerprint density at radius 1 is 1.06 bits per heavy atom. The summed E-state index contributed by atoms with van der Waals surface area (Å²) in [7, 11) is 0. The van der Waals surface area contributed by atoms with Crippen LogP contribution in [-0.4, -0.2) is 59.8 Å². The topological polar surface area (TPSA) is 102 Å². The van der Waals surface area contributed by atoms with Crippen LogP contribution in [0.25, 0.3) is 0 Å². The molecule has 0 unspecified atom stereocenters. The summed E-state index contributed by atoms with van der Waals surface area (Å²) >= 11 is 7.87. The van der Waals surface area contributed by atoms with E-state index in [4.69, 9.17) is 21.1 Å². The van der Waals surface area contributed by atoms with Gasteiger partial charge in [-0.3, -0.25) is 14.4 Å². The number of amides is 2. The van der Waals surface area contributed by atoms with Crippen molar-refractivity contribution < 1.29 is 28.7 Å². The Hall–Kier alpha value is -2.13. The lowest BCUT2D eigenvalue weighted by atomic mass is 9.49. The minimum Gasteiger partial charge on any atom is -0.462 e. The molecule has 10 heteroatoms. The molecule has 4 aliphatic rings. The molecular formula is C26H35ClN2O6S. The number of anilines is 1. The van der Waals surface area contributed by atoms with Gasteiger partial charge in [0.05, 0.1) is 22.5 Å². The first-order valence-electron chi connectivity index (χ1n) is 12.8. The first kappa shape index (κ1) is 26.9. The second-order valence-electron chi connectivity index (χ2n) is 10.5. The molecular weight excluding hydrogens is 504 g/mol.